The van der Waals surface area contributed by atoms with Gasteiger partial charge < -0.3 is 14.3 Å². The number of aliphatic carboxylic acids is 1. The van der Waals surface area contributed by atoms with Gasteiger partial charge in [-0.15, -0.1) is 0 Å². The second-order valence-corrected chi connectivity index (χ2v) is 7.56. The second-order valence-electron chi connectivity index (χ2n) is 7.56. The summed E-state index contributed by atoms with van der Waals surface area (Å²) in [5.41, 5.74) is 7.77. The van der Waals surface area contributed by atoms with Crippen LogP contribution >= 0.6 is 0 Å². The molecule has 0 bridgehead atoms. The Balaban J connectivity index is 1.51. The van der Waals surface area contributed by atoms with Crippen LogP contribution in [0.5, 0.6) is 5.75 Å². The molecule has 0 spiro atoms. The molecular formula is C25H24O4. The normalized spacial score (nSPS) is 14.2. The molecule has 1 aliphatic carbocycles. The summed E-state index contributed by atoms with van der Waals surface area (Å²) >= 11 is 0. The Labute approximate surface area is 170 Å². The lowest BCUT2D eigenvalue weighted by Gasteiger charge is -2.18. The number of carboxylic acids is 1. The van der Waals surface area contributed by atoms with Crippen LogP contribution in [0, 0.1) is 0 Å². The number of carbonyl (C=O) groups is 1. The van der Waals surface area contributed by atoms with Crippen LogP contribution in [0.4, 0.5) is 0 Å². The van der Waals surface area contributed by atoms with E-state index in [1.54, 1.807) is 0 Å². The minimum Gasteiger partial charge on any atom is -0.489 e. The van der Waals surface area contributed by atoms with Gasteiger partial charge in [-0.3, -0.25) is 4.79 Å². The third-order valence-corrected chi connectivity index (χ3v) is 5.38. The van der Waals surface area contributed by atoms with E-state index >= 15 is 0 Å². The summed E-state index contributed by atoms with van der Waals surface area (Å²) in [6, 6.07) is 14.0. The highest BCUT2D eigenvalue weighted by Crippen LogP contribution is 2.33. The molecule has 0 fully saturated rings. The molecule has 0 aliphatic heterocycles. The number of ether oxygens (including phenoxy) is 1. The summed E-state index contributed by atoms with van der Waals surface area (Å²) in [5, 5.41) is 9.79. The minimum absolute atomic E-state index is 0.0525. The van der Waals surface area contributed by atoms with E-state index in [1.807, 2.05) is 18.2 Å². The van der Waals surface area contributed by atoms with Gasteiger partial charge in [-0.2, -0.15) is 0 Å². The van der Waals surface area contributed by atoms with Gasteiger partial charge >= 0.3 is 5.97 Å². The topological polar surface area (TPSA) is 59.7 Å². The summed E-state index contributed by atoms with van der Waals surface area (Å²) < 4.78 is 11.5. The van der Waals surface area contributed by atoms with E-state index in [-0.39, 0.29) is 6.42 Å². The van der Waals surface area contributed by atoms with Crippen molar-refractivity contribution in [3.63, 3.8) is 0 Å². The number of benzene rings is 2. The van der Waals surface area contributed by atoms with Gasteiger partial charge in [0.25, 0.3) is 0 Å². The van der Waals surface area contributed by atoms with Crippen LogP contribution in [0.3, 0.4) is 0 Å². The molecule has 1 aliphatic rings. The first-order valence-electron chi connectivity index (χ1n) is 9.82. The van der Waals surface area contributed by atoms with Crippen LogP contribution < -0.4 is 4.74 Å². The smallest absolute Gasteiger partial charge is 0.307 e. The molecule has 0 atom stereocenters. The van der Waals surface area contributed by atoms with Crippen LogP contribution in [0.2, 0.25) is 0 Å². The highest BCUT2D eigenvalue weighted by atomic mass is 16.5. The van der Waals surface area contributed by atoms with Crippen molar-refractivity contribution in [1.82, 2.24) is 0 Å². The van der Waals surface area contributed by atoms with Gasteiger partial charge in [0.15, 0.2) is 0 Å². The number of fused-ring (bicyclic) bond motifs is 1. The number of carboxylic acid groups (broad SMARTS) is 1. The fourth-order valence-electron chi connectivity index (χ4n) is 3.98. The molecule has 2 aromatic carbocycles. The van der Waals surface area contributed by atoms with Crippen molar-refractivity contribution >= 4 is 22.5 Å². The third-order valence-electron chi connectivity index (χ3n) is 5.38. The number of hydrogen-bond donors (Lipinski definition) is 1. The summed E-state index contributed by atoms with van der Waals surface area (Å²) in [6.07, 6.45) is 5.99. The molecule has 29 heavy (non-hydrogen) atoms. The predicted octanol–water partition coefficient (Wildman–Crippen LogP) is 6.15. The third kappa shape index (κ3) is 4.11. The molecule has 0 radical (unpaired) electrons. The van der Waals surface area contributed by atoms with Gasteiger partial charge in [0.05, 0.1) is 12.7 Å². The van der Waals surface area contributed by atoms with E-state index in [0.29, 0.717) is 23.5 Å². The number of furan rings is 1. The van der Waals surface area contributed by atoms with Crippen molar-refractivity contribution in [2.75, 3.05) is 0 Å². The zero-order chi connectivity index (χ0) is 20.4. The Morgan fingerprint density at radius 3 is 2.83 bits per heavy atom. The molecule has 3 aromatic rings. The van der Waals surface area contributed by atoms with Gasteiger partial charge in [0.1, 0.15) is 17.9 Å². The van der Waals surface area contributed by atoms with Crippen molar-refractivity contribution in [1.29, 1.82) is 0 Å². The van der Waals surface area contributed by atoms with Gasteiger partial charge in [0.2, 0.25) is 0 Å². The molecule has 0 amide bonds. The van der Waals surface area contributed by atoms with Gasteiger partial charge in [0, 0.05) is 17.0 Å². The fourth-order valence-corrected chi connectivity index (χ4v) is 3.98. The first-order chi connectivity index (χ1) is 14.0. The minimum atomic E-state index is -0.874. The van der Waals surface area contributed by atoms with E-state index < -0.39 is 5.97 Å². The predicted molar refractivity (Wildman–Crippen MR) is 114 cm³/mol. The Hall–Kier alpha value is -3.27. The molecule has 4 rings (SSSR count). The largest absolute Gasteiger partial charge is 0.489 e. The lowest BCUT2D eigenvalue weighted by atomic mass is 9.87. The van der Waals surface area contributed by atoms with Crippen molar-refractivity contribution in [3.05, 3.63) is 82.6 Å². The quantitative estimate of drug-likeness (QED) is 0.550. The van der Waals surface area contributed by atoms with Crippen LogP contribution in [0.25, 0.3) is 16.5 Å². The summed E-state index contributed by atoms with van der Waals surface area (Å²) in [7, 11) is 0. The highest BCUT2D eigenvalue weighted by Gasteiger charge is 2.13. The first-order valence-corrected chi connectivity index (χ1v) is 9.82. The van der Waals surface area contributed by atoms with Crippen LogP contribution in [0.1, 0.15) is 43.4 Å². The Morgan fingerprint density at radius 2 is 2.03 bits per heavy atom. The van der Waals surface area contributed by atoms with E-state index in [1.165, 1.54) is 28.5 Å². The Bertz CT molecular complexity index is 1130. The van der Waals surface area contributed by atoms with E-state index in [9.17, 15) is 4.79 Å². The molecule has 4 nitrogen and oxygen atoms in total. The van der Waals surface area contributed by atoms with Crippen molar-refractivity contribution < 1.29 is 19.1 Å². The summed E-state index contributed by atoms with van der Waals surface area (Å²) in [6.45, 7) is 4.85. The first kappa shape index (κ1) is 19.1. The fraction of sp³-hybridized carbons (Fsp3) is 0.240. The maximum absolute atomic E-state index is 10.9. The Kier molecular flexibility index (Phi) is 5.26. The summed E-state index contributed by atoms with van der Waals surface area (Å²) in [4.78, 5) is 10.9. The zero-order valence-electron chi connectivity index (χ0n) is 16.7. The molecule has 148 valence electrons. The lowest BCUT2D eigenvalue weighted by molar-refractivity contribution is -0.136. The molecule has 1 heterocycles. The maximum atomic E-state index is 10.9. The van der Waals surface area contributed by atoms with Gasteiger partial charge in [-0.1, -0.05) is 29.8 Å². The molecule has 4 heteroatoms. The molecule has 0 saturated heterocycles. The standard InChI is InChI=1S/C25H24O4/c1-16-5-3-6-17(2)25(16)19-8-4-7-18(11-19)14-28-21-9-10-22-20(12-24(26)27)15-29-23(22)13-21/h4-5,7-11,13,15H,3,6,12,14H2,1-2H3,(H,26,27). The van der Waals surface area contributed by atoms with E-state index in [2.05, 4.69) is 44.2 Å². The van der Waals surface area contributed by atoms with Crippen molar-refractivity contribution in [3.8, 4) is 5.75 Å². The monoisotopic (exact) mass is 388 g/mol. The number of rotatable bonds is 6. The summed E-state index contributed by atoms with van der Waals surface area (Å²) in [5.74, 6) is -0.176. The van der Waals surface area contributed by atoms with Crippen molar-refractivity contribution in [2.45, 2.75) is 39.7 Å². The second kappa shape index (κ2) is 8.00. The van der Waals surface area contributed by atoms with Crippen LogP contribution in [0.15, 0.2) is 70.4 Å². The van der Waals surface area contributed by atoms with Crippen molar-refractivity contribution in [2.24, 2.45) is 0 Å². The molecule has 1 aromatic heterocycles. The lowest BCUT2D eigenvalue weighted by Crippen LogP contribution is -2.00. The number of allylic oxidation sites excluding steroid dienone is 4. The number of hydrogen-bond acceptors (Lipinski definition) is 3. The van der Waals surface area contributed by atoms with Gasteiger partial charge in [-0.05, 0) is 67.2 Å². The molecule has 0 saturated carbocycles. The van der Waals surface area contributed by atoms with Crippen LogP contribution in [-0.4, -0.2) is 11.1 Å². The average Bonchev–Trinajstić information content (AvgIpc) is 3.08. The Morgan fingerprint density at radius 1 is 1.17 bits per heavy atom. The highest BCUT2D eigenvalue weighted by molar-refractivity contribution is 5.86. The van der Waals surface area contributed by atoms with E-state index in [4.69, 9.17) is 14.3 Å². The maximum Gasteiger partial charge on any atom is 0.307 e. The molecular weight excluding hydrogens is 364 g/mol. The van der Waals surface area contributed by atoms with E-state index in [0.717, 1.165) is 23.8 Å². The average molecular weight is 388 g/mol. The SMILES string of the molecule is CC1=CCCC(C)=C1c1cccc(COc2ccc3c(CC(=O)O)coc3c2)c1. The molecule has 0 unspecified atom stereocenters. The van der Waals surface area contributed by atoms with Gasteiger partial charge in [-0.25, -0.2) is 0 Å². The molecule has 1 N–H and O–H groups in total. The zero-order valence-corrected chi connectivity index (χ0v) is 16.7. The van der Waals surface area contributed by atoms with Crippen LogP contribution in [-0.2, 0) is 17.8 Å².